The van der Waals surface area contributed by atoms with Crippen LogP contribution in [0.15, 0.2) is 30.3 Å². The lowest BCUT2D eigenvalue weighted by molar-refractivity contribution is -0.129. The van der Waals surface area contributed by atoms with E-state index < -0.39 is 6.09 Å². The monoisotopic (exact) mass is 280 g/mol. The number of carbonyl (C=O) groups excluding carboxylic acids is 2. The molecule has 0 unspecified atom stereocenters. The molecule has 2 amide bonds. The van der Waals surface area contributed by atoms with Gasteiger partial charge in [0.15, 0.2) is 0 Å². The second kappa shape index (κ2) is 8.16. The van der Waals surface area contributed by atoms with E-state index in [-0.39, 0.29) is 12.5 Å². The Hall–Kier alpha value is -2.08. The maximum atomic E-state index is 12.1. The van der Waals surface area contributed by atoms with Crippen LogP contribution in [0, 0.1) is 0 Å². The summed E-state index contributed by atoms with van der Waals surface area (Å²) in [4.78, 5) is 26.5. The Kier molecular flexibility index (Phi) is 6.52. The van der Waals surface area contributed by atoms with Gasteiger partial charge < -0.3 is 14.4 Å². The van der Waals surface area contributed by atoms with Crippen LogP contribution in [0.25, 0.3) is 0 Å². The normalized spacial score (nSPS) is 9.95. The van der Waals surface area contributed by atoms with Crippen molar-refractivity contribution in [3.63, 3.8) is 0 Å². The summed E-state index contributed by atoms with van der Waals surface area (Å²) in [5.74, 6) is 0.267. The molecular weight excluding hydrogens is 260 g/mol. The minimum atomic E-state index is -0.566. The van der Waals surface area contributed by atoms with Gasteiger partial charge in [-0.1, -0.05) is 18.2 Å². The highest BCUT2D eigenvalue weighted by Gasteiger charge is 2.19. The predicted octanol–water partition coefficient (Wildman–Crippen LogP) is 1.22. The number of para-hydroxylation sites is 1. The number of nitrogens with zero attached hydrogens (tertiary/aromatic N) is 2. The fraction of sp³-hybridized carbons (Fsp3) is 0.429. The van der Waals surface area contributed by atoms with Crippen molar-refractivity contribution in [1.29, 1.82) is 0 Å². The first-order valence-corrected chi connectivity index (χ1v) is 6.25. The van der Waals surface area contributed by atoms with Crippen LogP contribution in [0.2, 0.25) is 0 Å². The molecule has 0 radical (unpaired) electrons. The van der Waals surface area contributed by atoms with E-state index in [1.165, 1.54) is 16.9 Å². The van der Waals surface area contributed by atoms with Gasteiger partial charge in [-0.2, -0.15) is 0 Å². The first-order valence-electron chi connectivity index (χ1n) is 6.25. The van der Waals surface area contributed by atoms with Gasteiger partial charge in [0.2, 0.25) is 5.91 Å². The van der Waals surface area contributed by atoms with Gasteiger partial charge in [0, 0.05) is 27.7 Å². The molecule has 6 heteroatoms. The van der Waals surface area contributed by atoms with E-state index in [2.05, 4.69) is 0 Å². The summed E-state index contributed by atoms with van der Waals surface area (Å²) >= 11 is 0. The SMILES string of the molecule is COCCN(CC(=O)N(C)C)C(=O)Oc1ccccc1. The van der Waals surface area contributed by atoms with E-state index in [1.807, 2.05) is 6.07 Å². The molecule has 0 N–H and O–H groups in total. The number of rotatable bonds is 6. The average molecular weight is 280 g/mol. The average Bonchev–Trinajstić information content (AvgIpc) is 2.43. The van der Waals surface area contributed by atoms with Crippen molar-refractivity contribution < 1.29 is 19.1 Å². The number of benzene rings is 1. The summed E-state index contributed by atoms with van der Waals surface area (Å²) in [6.07, 6.45) is -0.566. The van der Waals surface area contributed by atoms with Crippen LogP contribution in [0.5, 0.6) is 5.75 Å². The molecule has 0 aliphatic rings. The van der Waals surface area contributed by atoms with Gasteiger partial charge in [0.25, 0.3) is 0 Å². The predicted molar refractivity (Wildman–Crippen MR) is 74.6 cm³/mol. The van der Waals surface area contributed by atoms with Gasteiger partial charge in [-0.05, 0) is 12.1 Å². The quantitative estimate of drug-likeness (QED) is 0.786. The molecule has 0 saturated heterocycles. The highest BCUT2D eigenvalue weighted by atomic mass is 16.6. The standard InChI is InChI=1S/C14H20N2O4/c1-15(2)13(17)11-16(9-10-19-3)14(18)20-12-7-5-4-6-8-12/h4-8H,9-11H2,1-3H3. The van der Waals surface area contributed by atoms with Crippen LogP contribution in [0.3, 0.4) is 0 Å². The van der Waals surface area contributed by atoms with Crippen LogP contribution >= 0.6 is 0 Å². The second-order valence-corrected chi connectivity index (χ2v) is 4.38. The van der Waals surface area contributed by atoms with Crippen LogP contribution < -0.4 is 4.74 Å². The molecule has 0 saturated carbocycles. The van der Waals surface area contributed by atoms with Crippen LogP contribution in [-0.2, 0) is 9.53 Å². The molecule has 0 heterocycles. The summed E-state index contributed by atoms with van der Waals surface area (Å²) in [7, 11) is 4.81. The summed E-state index contributed by atoms with van der Waals surface area (Å²) in [6, 6.07) is 8.73. The van der Waals surface area contributed by atoms with Gasteiger partial charge in [-0.3, -0.25) is 9.69 Å². The number of methoxy groups -OCH3 is 1. The lowest BCUT2D eigenvalue weighted by Crippen LogP contribution is -2.43. The van der Waals surface area contributed by atoms with E-state index >= 15 is 0 Å². The van der Waals surface area contributed by atoms with E-state index in [9.17, 15) is 9.59 Å². The third kappa shape index (κ3) is 5.27. The van der Waals surface area contributed by atoms with Gasteiger partial charge in [0.1, 0.15) is 12.3 Å². The van der Waals surface area contributed by atoms with Gasteiger partial charge in [-0.25, -0.2) is 4.79 Å². The van der Waals surface area contributed by atoms with E-state index in [0.717, 1.165) is 0 Å². The maximum Gasteiger partial charge on any atom is 0.415 e. The molecule has 0 aliphatic carbocycles. The number of hydrogen-bond acceptors (Lipinski definition) is 4. The number of amides is 2. The molecule has 6 nitrogen and oxygen atoms in total. The van der Waals surface area contributed by atoms with Crippen LogP contribution in [0.1, 0.15) is 0 Å². The maximum absolute atomic E-state index is 12.1. The summed E-state index contributed by atoms with van der Waals surface area (Å²) in [6.45, 7) is 0.592. The lowest BCUT2D eigenvalue weighted by Gasteiger charge is -2.22. The molecule has 1 rings (SSSR count). The van der Waals surface area contributed by atoms with Crippen LogP contribution in [0.4, 0.5) is 4.79 Å². The number of carbonyl (C=O) groups is 2. The third-order valence-electron chi connectivity index (χ3n) is 2.60. The molecule has 1 aromatic carbocycles. The lowest BCUT2D eigenvalue weighted by atomic mass is 10.3. The largest absolute Gasteiger partial charge is 0.415 e. The molecule has 0 atom stereocenters. The number of ether oxygens (including phenoxy) is 2. The molecule has 0 fully saturated rings. The van der Waals surface area contributed by atoms with Crippen molar-refractivity contribution in [2.24, 2.45) is 0 Å². The van der Waals surface area contributed by atoms with Crippen molar-refractivity contribution in [1.82, 2.24) is 9.80 Å². The number of hydrogen-bond donors (Lipinski definition) is 0. The van der Waals surface area contributed by atoms with Crippen molar-refractivity contribution in [2.45, 2.75) is 0 Å². The Morgan fingerprint density at radius 1 is 1.15 bits per heavy atom. The van der Waals surface area contributed by atoms with E-state index in [1.54, 1.807) is 38.4 Å². The van der Waals surface area contributed by atoms with Gasteiger partial charge in [0.05, 0.1) is 6.61 Å². The molecule has 1 aromatic rings. The molecule has 110 valence electrons. The molecule has 0 bridgehead atoms. The Morgan fingerprint density at radius 2 is 1.80 bits per heavy atom. The minimum absolute atomic E-state index is 0.0397. The van der Waals surface area contributed by atoms with Crippen molar-refractivity contribution in [3.8, 4) is 5.75 Å². The Labute approximate surface area is 118 Å². The Morgan fingerprint density at radius 3 is 2.35 bits per heavy atom. The van der Waals surface area contributed by atoms with Gasteiger partial charge >= 0.3 is 6.09 Å². The fourth-order valence-corrected chi connectivity index (χ4v) is 1.39. The molecule has 0 aliphatic heterocycles. The first kappa shape index (κ1) is 16.0. The molecule has 20 heavy (non-hydrogen) atoms. The van der Waals surface area contributed by atoms with Crippen molar-refractivity contribution in [3.05, 3.63) is 30.3 Å². The summed E-state index contributed by atoms with van der Waals surface area (Å²) in [5, 5.41) is 0. The van der Waals surface area contributed by atoms with Crippen molar-refractivity contribution in [2.75, 3.05) is 40.9 Å². The summed E-state index contributed by atoms with van der Waals surface area (Å²) in [5.41, 5.74) is 0. The van der Waals surface area contributed by atoms with Crippen LogP contribution in [-0.4, -0.2) is 62.7 Å². The fourth-order valence-electron chi connectivity index (χ4n) is 1.39. The second-order valence-electron chi connectivity index (χ2n) is 4.38. The topological polar surface area (TPSA) is 59.1 Å². The van der Waals surface area contributed by atoms with E-state index in [4.69, 9.17) is 9.47 Å². The molecule has 0 spiro atoms. The third-order valence-corrected chi connectivity index (χ3v) is 2.60. The first-order chi connectivity index (χ1) is 9.54. The molecule has 0 aromatic heterocycles. The van der Waals surface area contributed by atoms with E-state index in [0.29, 0.717) is 18.9 Å². The number of likely N-dealkylation sites (N-methyl/N-ethyl adjacent to an activating group) is 1. The minimum Gasteiger partial charge on any atom is -0.410 e. The Balaban J connectivity index is 2.66. The summed E-state index contributed by atoms with van der Waals surface area (Å²) < 4.78 is 10.2. The highest BCUT2D eigenvalue weighted by Crippen LogP contribution is 2.10. The van der Waals surface area contributed by atoms with Crippen molar-refractivity contribution >= 4 is 12.0 Å². The van der Waals surface area contributed by atoms with Gasteiger partial charge in [-0.15, -0.1) is 0 Å². The Bertz CT molecular complexity index is 434. The highest BCUT2D eigenvalue weighted by molar-refractivity contribution is 5.82. The smallest absolute Gasteiger partial charge is 0.410 e. The zero-order valence-electron chi connectivity index (χ0n) is 12.0. The zero-order chi connectivity index (χ0) is 15.0. The zero-order valence-corrected chi connectivity index (χ0v) is 12.0. The molecular formula is C14H20N2O4.